The van der Waals surface area contributed by atoms with Gasteiger partial charge in [0.15, 0.2) is 0 Å². The van der Waals surface area contributed by atoms with Crippen molar-refractivity contribution in [2.24, 2.45) is 0 Å². The van der Waals surface area contributed by atoms with Gasteiger partial charge in [0.1, 0.15) is 16.7 Å². The van der Waals surface area contributed by atoms with Crippen LogP contribution in [0.15, 0.2) is 10.6 Å². The summed E-state index contributed by atoms with van der Waals surface area (Å²) in [4.78, 5) is 22.6. The van der Waals surface area contributed by atoms with Crippen LogP contribution in [0.3, 0.4) is 0 Å². The Morgan fingerprint density at radius 3 is 2.18 bits per heavy atom. The van der Waals surface area contributed by atoms with Gasteiger partial charge in [-0.05, 0) is 0 Å². The minimum atomic E-state index is -0.637. The molecule has 2 amide bonds. The smallest absolute Gasteiger partial charge is 0.273 e. The second-order valence-electron chi connectivity index (χ2n) is 1.97. The van der Waals surface area contributed by atoms with Gasteiger partial charge in [-0.1, -0.05) is 11.6 Å². The summed E-state index contributed by atoms with van der Waals surface area (Å²) in [6.45, 7) is 0. The van der Waals surface area contributed by atoms with Crippen molar-refractivity contribution in [3.63, 3.8) is 0 Å². The first kappa shape index (κ1) is 7.76. The van der Waals surface area contributed by atoms with Crippen LogP contribution in [-0.4, -0.2) is 23.8 Å². The number of nitriles is 1. The Morgan fingerprint density at radius 2 is 2.00 bits per heavy atom. The highest BCUT2D eigenvalue weighted by Crippen LogP contribution is 2.21. The Labute approximate surface area is 67.6 Å². The number of carbonyl (C=O) groups is 2. The third-order valence-corrected chi connectivity index (χ3v) is 1.69. The number of halogens is 1. The van der Waals surface area contributed by atoms with E-state index in [0.717, 1.165) is 4.90 Å². The average Bonchev–Trinajstić information content (AvgIpc) is 2.17. The standard InChI is InChI=1S/C6H3ClN2O2/c1-9-5(10)3(2-8)4(7)6(9)11/h1H3. The monoisotopic (exact) mass is 170 g/mol. The number of hydrogen-bond acceptors (Lipinski definition) is 3. The molecular formula is C6H3ClN2O2. The van der Waals surface area contributed by atoms with E-state index in [9.17, 15) is 9.59 Å². The van der Waals surface area contributed by atoms with Gasteiger partial charge in [-0.2, -0.15) is 5.26 Å². The Bertz CT molecular complexity index is 313. The van der Waals surface area contributed by atoms with Gasteiger partial charge in [-0.3, -0.25) is 14.5 Å². The molecule has 0 bridgehead atoms. The zero-order valence-electron chi connectivity index (χ0n) is 5.59. The molecule has 0 aromatic carbocycles. The largest absolute Gasteiger partial charge is 0.276 e. The number of nitrogens with zero attached hydrogens (tertiary/aromatic N) is 2. The van der Waals surface area contributed by atoms with Crippen LogP contribution in [0.2, 0.25) is 0 Å². The summed E-state index contributed by atoms with van der Waals surface area (Å²) in [7, 11) is 1.28. The second-order valence-corrected chi connectivity index (χ2v) is 2.35. The van der Waals surface area contributed by atoms with Crippen molar-refractivity contribution >= 4 is 23.4 Å². The maximum absolute atomic E-state index is 10.9. The van der Waals surface area contributed by atoms with Crippen molar-refractivity contribution in [2.45, 2.75) is 0 Å². The topological polar surface area (TPSA) is 61.2 Å². The van der Waals surface area contributed by atoms with Gasteiger partial charge < -0.3 is 0 Å². The maximum Gasteiger partial charge on any atom is 0.273 e. The summed E-state index contributed by atoms with van der Waals surface area (Å²) in [6, 6.07) is 1.56. The number of carbonyl (C=O) groups excluding carboxylic acids is 2. The third-order valence-electron chi connectivity index (χ3n) is 1.34. The molecule has 0 fully saturated rings. The maximum atomic E-state index is 10.9. The van der Waals surface area contributed by atoms with E-state index in [1.165, 1.54) is 7.05 Å². The first-order valence-electron chi connectivity index (χ1n) is 2.72. The van der Waals surface area contributed by atoms with Crippen molar-refractivity contribution in [1.29, 1.82) is 5.26 Å². The predicted molar refractivity (Wildman–Crippen MR) is 36.3 cm³/mol. The fraction of sp³-hybridized carbons (Fsp3) is 0.167. The molecule has 0 radical (unpaired) electrons. The van der Waals surface area contributed by atoms with E-state index in [0.29, 0.717) is 0 Å². The Hall–Kier alpha value is -1.34. The van der Waals surface area contributed by atoms with Crippen molar-refractivity contribution in [3.05, 3.63) is 10.6 Å². The SMILES string of the molecule is CN1C(=O)C(Cl)=C(C#N)C1=O. The van der Waals surface area contributed by atoms with Crippen molar-refractivity contribution in [3.8, 4) is 6.07 Å². The molecule has 0 aromatic rings. The lowest BCUT2D eigenvalue weighted by molar-refractivity contribution is -0.135. The Balaban J connectivity index is 3.21. The first-order valence-corrected chi connectivity index (χ1v) is 3.09. The van der Waals surface area contributed by atoms with Gasteiger partial charge in [0, 0.05) is 7.05 Å². The molecule has 1 rings (SSSR count). The Morgan fingerprint density at radius 1 is 1.45 bits per heavy atom. The molecule has 0 atom stereocenters. The lowest BCUT2D eigenvalue weighted by atomic mass is 10.3. The molecule has 1 aliphatic rings. The molecule has 56 valence electrons. The van der Waals surface area contributed by atoms with Crippen LogP contribution in [0, 0.1) is 11.3 Å². The summed E-state index contributed by atoms with van der Waals surface area (Å²) >= 11 is 5.36. The molecule has 11 heavy (non-hydrogen) atoms. The van der Waals surface area contributed by atoms with Gasteiger partial charge in [0.05, 0.1) is 0 Å². The van der Waals surface area contributed by atoms with E-state index in [2.05, 4.69) is 0 Å². The normalized spacial score (nSPS) is 17.7. The Kier molecular flexibility index (Phi) is 1.67. The number of rotatable bonds is 0. The summed E-state index contributed by atoms with van der Waals surface area (Å²) in [5.74, 6) is -1.25. The fourth-order valence-electron chi connectivity index (χ4n) is 0.705. The zero-order chi connectivity index (χ0) is 8.59. The summed E-state index contributed by atoms with van der Waals surface area (Å²) < 4.78 is 0. The van der Waals surface area contributed by atoms with E-state index in [4.69, 9.17) is 16.9 Å². The lowest BCUT2D eigenvalue weighted by Gasteiger charge is -2.02. The van der Waals surface area contributed by atoms with Crippen LogP contribution in [-0.2, 0) is 9.59 Å². The highest BCUT2D eigenvalue weighted by atomic mass is 35.5. The molecule has 0 aromatic heterocycles. The zero-order valence-corrected chi connectivity index (χ0v) is 6.34. The van der Waals surface area contributed by atoms with Gasteiger partial charge in [0.2, 0.25) is 0 Å². The van der Waals surface area contributed by atoms with E-state index in [1.54, 1.807) is 6.07 Å². The van der Waals surface area contributed by atoms with E-state index in [-0.39, 0.29) is 10.6 Å². The third kappa shape index (κ3) is 0.900. The number of likely N-dealkylation sites (N-methyl/N-ethyl adjacent to an activating group) is 1. The fourth-order valence-corrected chi connectivity index (χ4v) is 0.955. The summed E-state index contributed by atoms with van der Waals surface area (Å²) in [5.41, 5.74) is -0.279. The van der Waals surface area contributed by atoms with Crippen LogP contribution in [0.25, 0.3) is 0 Å². The van der Waals surface area contributed by atoms with Crippen LogP contribution in [0.4, 0.5) is 0 Å². The van der Waals surface area contributed by atoms with Crippen molar-refractivity contribution < 1.29 is 9.59 Å². The first-order chi connectivity index (χ1) is 5.09. The molecule has 0 aliphatic carbocycles. The van der Waals surface area contributed by atoms with Crippen molar-refractivity contribution in [2.75, 3.05) is 7.05 Å². The molecule has 4 nitrogen and oxygen atoms in total. The van der Waals surface area contributed by atoms with Gasteiger partial charge in [-0.25, -0.2) is 0 Å². The predicted octanol–water partition coefficient (Wildman–Crippen LogP) is 0.00148. The number of imide groups is 1. The molecule has 0 N–H and O–H groups in total. The summed E-state index contributed by atoms with van der Waals surface area (Å²) in [6.07, 6.45) is 0. The van der Waals surface area contributed by atoms with Gasteiger partial charge >= 0.3 is 0 Å². The molecule has 5 heteroatoms. The van der Waals surface area contributed by atoms with Gasteiger partial charge in [0.25, 0.3) is 11.8 Å². The molecule has 1 aliphatic heterocycles. The molecule has 0 spiro atoms. The molecule has 0 saturated carbocycles. The minimum Gasteiger partial charge on any atom is -0.276 e. The van der Waals surface area contributed by atoms with Crippen molar-refractivity contribution in [1.82, 2.24) is 4.90 Å². The van der Waals surface area contributed by atoms with E-state index in [1.807, 2.05) is 0 Å². The molecular weight excluding hydrogens is 168 g/mol. The average molecular weight is 171 g/mol. The lowest BCUT2D eigenvalue weighted by Crippen LogP contribution is -2.26. The molecule has 0 saturated heterocycles. The van der Waals surface area contributed by atoms with E-state index >= 15 is 0 Å². The summed E-state index contributed by atoms with van der Waals surface area (Å²) in [5, 5.41) is 8.06. The molecule has 1 heterocycles. The van der Waals surface area contributed by atoms with Crippen LogP contribution >= 0.6 is 11.6 Å². The number of hydrogen-bond donors (Lipinski definition) is 0. The van der Waals surface area contributed by atoms with E-state index < -0.39 is 11.8 Å². The quantitative estimate of drug-likeness (QED) is 0.481. The number of amides is 2. The van der Waals surface area contributed by atoms with Crippen LogP contribution < -0.4 is 0 Å². The highest BCUT2D eigenvalue weighted by molar-refractivity contribution is 6.48. The van der Waals surface area contributed by atoms with Gasteiger partial charge in [-0.15, -0.1) is 0 Å². The molecule has 0 unspecified atom stereocenters. The van der Waals surface area contributed by atoms with Crippen LogP contribution in [0.5, 0.6) is 0 Å². The second kappa shape index (κ2) is 2.36. The minimum absolute atomic E-state index is 0.279. The van der Waals surface area contributed by atoms with Crippen LogP contribution in [0.1, 0.15) is 0 Å². The highest BCUT2D eigenvalue weighted by Gasteiger charge is 2.34.